The monoisotopic (exact) mass is 278 g/mol. The molecule has 1 aromatic rings. The van der Waals surface area contributed by atoms with Crippen molar-refractivity contribution in [2.24, 2.45) is 5.16 Å². The number of amides is 1. The van der Waals surface area contributed by atoms with Gasteiger partial charge in [0.2, 0.25) is 0 Å². The molecular formula is C8H4Cl2N2O3S. The first-order valence-electron chi connectivity index (χ1n) is 4.30. The molecule has 0 radical (unpaired) electrons. The number of ether oxygens (including phenoxy) is 1. The SMILES string of the molecule is O=C1N[C@H]2c3c(Cl)sc(Cl)c3/C(=N/O)[C@H]2O1. The van der Waals surface area contributed by atoms with Gasteiger partial charge in [0.05, 0.1) is 0 Å². The van der Waals surface area contributed by atoms with E-state index < -0.39 is 18.2 Å². The molecule has 5 nitrogen and oxygen atoms in total. The largest absolute Gasteiger partial charge is 0.437 e. The highest BCUT2D eigenvalue weighted by atomic mass is 35.5. The zero-order valence-corrected chi connectivity index (χ0v) is 9.86. The summed E-state index contributed by atoms with van der Waals surface area (Å²) in [5.41, 5.74) is 1.47. The molecule has 1 aliphatic carbocycles. The molecule has 8 heteroatoms. The van der Waals surface area contributed by atoms with Crippen LogP contribution in [0.1, 0.15) is 17.2 Å². The van der Waals surface area contributed by atoms with E-state index in [0.717, 1.165) is 0 Å². The molecule has 0 spiro atoms. The van der Waals surface area contributed by atoms with Gasteiger partial charge in [0.15, 0.2) is 6.10 Å². The third kappa shape index (κ3) is 1.12. The van der Waals surface area contributed by atoms with Crippen molar-refractivity contribution < 1.29 is 14.7 Å². The fourth-order valence-electron chi connectivity index (χ4n) is 2.01. The normalized spacial score (nSPS) is 28.9. The van der Waals surface area contributed by atoms with E-state index in [1.165, 1.54) is 11.3 Å². The summed E-state index contributed by atoms with van der Waals surface area (Å²) < 4.78 is 5.89. The Hall–Kier alpha value is -0.980. The lowest BCUT2D eigenvalue weighted by atomic mass is 10.2. The lowest BCUT2D eigenvalue weighted by molar-refractivity contribution is 0.160. The highest BCUT2D eigenvalue weighted by Crippen LogP contribution is 2.48. The minimum atomic E-state index is -0.647. The average Bonchev–Trinajstić information content (AvgIpc) is 2.78. The van der Waals surface area contributed by atoms with Crippen molar-refractivity contribution in [2.45, 2.75) is 12.1 Å². The maximum atomic E-state index is 11.1. The summed E-state index contributed by atoms with van der Waals surface area (Å²) >= 11 is 13.2. The molecule has 1 aromatic heterocycles. The molecule has 2 aliphatic rings. The van der Waals surface area contributed by atoms with Gasteiger partial charge in [-0.1, -0.05) is 28.4 Å². The first-order valence-corrected chi connectivity index (χ1v) is 5.88. The number of alkyl carbamates (subject to hydrolysis) is 1. The van der Waals surface area contributed by atoms with Crippen molar-refractivity contribution in [3.05, 3.63) is 19.8 Å². The molecule has 0 bridgehead atoms. The molecule has 0 aromatic carbocycles. The number of hydrogen-bond acceptors (Lipinski definition) is 5. The van der Waals surface area contributed by atoms with Gasteiger partial charge in [0.25, 0.3) is 0 Å². The predicted octanol–water partition coefficient (Wildman–Crippen LogP) is 2.40. The summed E-state index contributed by atoms with van der Waals surface area (Å²) in [6.07, 6.45) is -1.20. The van der Waals surface area contributed by atoms with Gasteiger partial charge in [0.1, 0.15) is 20.4 Å². The summed E-state index contributed by atoms with van der Waals surface area (Å²) in [7, 11) is 0. The first kappa shape index (κ1) is 10.2. The minimum Gasteiger partial charge on any atom is -0.437 e. The number of fused-ring (bicyclic) bond motifs is 3. The molecule has 16 heavy (non-hydrogen) atoms. The van der Waals surface area contributed by atoms with Crippen LogP contribution in [0, 0.1) is 0 Å². The van der Waals surface area contributed by atoms with Crippen molar-refractivity contribution in [3.63, 3.8) is 0 Å². The molecule has 2 atom stereocenters. The van der Waals surface area contributed by atoms with Crippen LogP contribution in [0.3, 0.4) is 0 Å². The van der Waals surface area contributed by atoms with Crippen molar-refractivity contribution in [1.82, 2.24) is 5.32 Å². The standard InChI is InChI=1S/C8H4Cl2N2O3S/c9-6-1-2(7(10)16-6)4(12-14)5-3(1)11-8(13)15-5/h3,5,14H,(H,11,13)/b12-4-/t3-,5-/m0/s1. The molecule has 0 unspecified atom stereocenters. The van der Waals surface area contributed by atoms with E-state index in [-0.39, 0.29) is 5.71 Å². The fourth-order valence-corrected chi connectivity index (χ4v) is 3.82. The zero-order valence-electron chi connectivity index (χ0n) is 7.53. The molecule has 84 valence electrons. The van der Waals surface area contributed by atoms with Gasteiger partial charge in [-0.2, -0.15) is 0 Å². The van der Waals surface area contributed by atoms with E-state index in [4.69, 9.17) is 33.1 Å². The topological polar surface area (TPSA) is 70.9 Å². The molecule has 2 N–H and O–H groups in total. The molecule has 1 saturated heterocycles. The summed E-state index contributed by atoms with van der Waals surface area (Å²) in [4.78, 5) is 11.1. The van der Waals surface area contributed by atoms with E-state index in [1.807, 2.05) is 0 Å². The molecule has 1 amide bonds. The number of carbonyl (C=O) groups is 1. The van der Waals surface area contributed by atoms with Crippen LogP contribution in [0.4, 0.5) is 4.79 Å². The van der Waals surface area contributed by atoms with Gasteiger partial charge in [0, 0.05) is 11.1 Å². The number of halogens is 2. The zero-order chi connectivity index (χ0) is 11.4. The van der Waals surface area contributed by atoms with Crippen molar-refractivity contribution in [1.29, 1.82) is 0 Å². The average molecular weight is 279 g/mol. The summed E-state index contributed by atoms with van der Waals surface area (Å²) in [6.45, 7) is 0. The van der Waals surface area contributed by atoms with Gasteiger partial charge in [-0.25, -0.2) is 4.79 Å². The lowest BCUT2D eigenvalue weighted by Gasteiger charge is -2.06. The molecule has 2 heterocycles. The molecule has 3 rings (SSSR count). The Morgan fingerprint density at radius 2 is 2.19 bits per heavy atom. The van der Waals surface area contributed by atoms with Gasteiger partial charge in [-0.05, 0) is 0 Å². The van der Waals surface area contributed by atoms with Gasteiger partial charge >= 0.3 is 6.09 Å². The highest BCUT2D eigenvalue weighted by molar-refractivity contribution is 7.20. The Balaban J connectivity index is 2.23. The number of oxime groups is 1. The Labute approximate surface area is 104 Å². The summed E-state index contributed by atoms with van der Waals surface area (Å²) in [5.74, 6) is 0. The van der Waals surface area contributed by atoms with Crippen molar-refractivity contribution >= 4 is 46.3 Å². The number of thiophene rings is 1. The van der Waals surface area contributed by atoms with Crippen LogP contribution in [-0.4, -0.2) is 23.1 Å². The molecule has 0 saturated carbocycles. The highest BCUT2D eigenvalue weighted by Gasteiger charge is 2.50. The second-order valence-corrected chi connectivity index (χ2v) is 5.60. The lowest BCUT2D eigenvalue weighted by Crippen LogP contribution is -2.21. The van der Waals surface area contributed by atoms with Gasteiger partial charge < -0.3 is 15.3 Å². The minimum absolute atomic E-state index is 0.242. The number of carbonyl (C=O) groups excluding carboxylic acids is 1. The van der Waals surface area contributed by atoms with Gasteiger partial charge in [-0.15, -0.1) is 11.3 Å². The van der Waals surface area contributed by atoms with Crippen molar-refractivity contribution in [3.8, 4) is 0 Å². The molecule has 1 aliphatic heterocycles. The third-order valence-corrected chi connectivity index (χ3v) is 4.25. The van der Waals surface area contributed by atoms with E-state index >= 15 is 0 Å². The van der Waals surface area contributed by atoms with Crippen LogP contribution < -0.4 is 5.32 Å². The van der Waals surface area contributed by atoms with E-state index in [0.29, 0.717) is 19.8 Å². The van der Waals surface area contributed by atoms with E-state index in [9.17, 15) is 4.79 Å². The maximum Gasteiger partial charge on any atom is 0.408 e. The van der Waals surface area contributed by atoms with Crippen LogP contribution >= 0.6 is 34.5 Å². The molecular weight excluding hydrogens is 275 g/mol. The summed E-state index contributed by atoms with van der Waals surface area (Å²) in [6, 6.07) is -0.412. The second kappa shape index (κ2) is 3.26. The predicted molar refractivity (Wildman–Crippen MR) is 58.8 cm³/mol. The summed E-state index contributed by atoms with van der Waals surface area (Å²) in [5, 5.41) is 14.7. The van der Waals surface area contributed by atoms with Crippen LogP contribution in [0.2, 0.25) is 8.67 Å². The first-order chi connectivity index (χ1) is 7.63. The number of nitrogens with one attached hydrogen (secondary N) is 1. The fraction of sp³-hybridized carbons (Fsp3) is 0.250. The number of nitrogens with zero attached hydrogens (tertiary/aromatic N) is 1. The van der Waals surface area contributed by atoms with Crippen molar-refractivity contribution in [2.75, 3.05) is 0 Å². The van der Waals surface area contributed by atoms with Crippen LogP contribution in [0.25, 0.3) is 0 Å². The Morgan fingerprint density at radius 3 is 2.88 bits per heavy atom. The Kier molecular flexibility index (Phi) is 2.07. The smallest absolute Gasteiger partial charge is 0.408 e. The van der Waals surface area contributed by atoms with Crippen LogP contribution in [-0.2, 0) is 4.74 Å². The van der Waals surface area contributed by atoms with E-state index in [2.05, 4.69) is 10.5 Å². The Bertz CT molecular complexity index is 528. The second-order valence-electron chi connectivity index (χ2n) is 3.37. The van der Waals surface area contributed by atoms with Crippen LogP contribution in [0.15, 0.2) is 5.16 Å². The van der Waals surface area contributed by atoms with Crippen LogP contribution in [0.5, 0.6) is 0 Å². The number of hydrogen-bond donors (Lipinski definition) is 2. The molecule has 1 fully saturated rings. The Morgan fingerprint density at radius 1 is 1.44 bits per heavy atom. The third-order valence-electron chi connectivity index (χ3n) is 2.61. The van der Waals surface area contributed by atoms with E-state index in [1.54, 1.807) is 0 Å². The maximum absolute atomic E-state index is 11.1. The number of rotatable bonds is 0. The van der Waals surface area contributed by atoms with Gasteiger partial charge in [-0.3, -0.25) is 0 Å². The quantitative estimate of drug-likeness (QED) is 0.566.